The van der Waals surface area contributed by atoms with Gasteiger partial charge in [-0.1, -0.05) is 12.1 Å². The van der Waals surface area contributed by atoms with Crippen LogP contribution >= 0.6 is 0 Å². The Morgan fingerprint density at radius 1 is 1.15 bits per heavy atom. The maximum atomic E-state index is 12.8. The molecule has 0 fully saturated rings. The van der Waals surface area contributed by atoms with E-state index in [1.165, 1.54) is 36.4 Å². The Morgan fingerprint density at radius 3 is 2.25 bits per heavy atom. The molecule has 5 heteroatoms. The Bertz CT molecular complexity index is 698. The molecule has 2 aromatic carbocycles. The van der Waals surface area contributed by atoms with Crippen LogP contribution in [0.15, 0.2) is 48.5 Å². The largest absolute Gasteiger partial charge is 0.269 e. The van der Waals surface area contributed by atoms with Gasteiger partial charge >= 0.3 is 0 Å². The molecular weight excluding hydrogens is 259 g/mol. The van der Waals surface area contributed by atoms with Crippen LogP contribution in [0.4, 0.5) is 10.1 Å². The number of halogens is 1. The quantitative estimate of drug-likeness (QED) is 0.368. The average Bonchev–Trinajstić information content (AvgIpc) is 2.47. The molecule has 0 atom stereocenters. The summed E-state index contributed by atoms with van der Waals surface area (Å²) >= 11 is 0. The maximum Gasteiger partial charge on any atom is 0.269 e. The third kappa shape index (κ3) is 3.06. The van der Waals surface area contributed by atoms with Crippen LogP contribution in [0.2, 0.25) is 0 Å². The molecule has 0 heterocycles. The van der Waals surface area contributed by atoms with Gasteiger partial charge in [0.1, 0.15) is 5.82 Å². The zero-order chi connectivity index (χ0) is 14.5. The van der Waals surface area contributed by atoms with E-state index in [4.69, 9.17) is 5.26 Å². The van der Waals surface area contributed by atoms with Crippen molar-refractivity contribution in [3.8, 4) is 6.07 Å². The van der Waals surface area contributed by atoms with E-state index < -0.39 is 4.92 Å². The summed E-state index contributed by atoms with van der Waals surface area (Å²) in [6.45, 7) is 0. The number of nitro groups is 1. The first-order chi connectivity index (χ1) is 9.60. The lowest BCUT2D eigenvalue weighted by atomic mass is 10.0. The van der Waals surface area contributed by atoms with Gasteiger partial charge in [0.25, 0.3) is 5.69 Å². The number of nitrogens with zero attached hydrogens (tertiary/aromatic N) is 2. The van der Waals surface area contributed by atoms with Crippen molar-refractivity contribution in [2.45, 2.75) is 0 Å². The monoisotopic (exact) mass is 268 g/mol. The highest BCUT2D eigenvalue weighted by molar-refractivity contribution is 5.89. The molecule has 98 valence electrons. The Kier molecular flexibility index (Phi) is 3.87. The predicted molar refractivity (Wildman–Crippen MR) is 73.0 cm³/mol. The average molecular weight is 268 g/mol. The van der Waals surface area contributed by atoms with Gasteiger partial charge in [0, 0.05) is 12.1 Å². The summed E-state index contributed by atoms with van der Waals surface area (Å²) < 4.78 is 12.8. The molecule has 0 saturated heterocycles. The van der Waals surface area contributed by atoms with Crippen LogP contribution in [0.25, 0.3) is 11.6 Å². The molecule has 0 unspecified atom stereocenters. The molecule has 0 aliphatic carbocycles. The van der Waals surface area contributed by atoms with E-state index >= 15 is 0 Å². The molecule has 2 aromatic rings. The van der Waals surface area contributed by atoms with Gasteiger partial charge in [-0.25, -0.2) is 4.39 Å². The van der Waals surface area contributed by atoms with Crippen molar-refractivity contribution in [1.82, 2.24) is 0 Å². The van der Waals surface area contributed by atoms with Gasteiger partial charge in [0.15, 0.2) is 0 Å². The van der Waals surface area contributed by atoms with Gasteiger partial charge < -0.3 is 0 Å². The first kappa shape index (κ1) is 13.4. The fraction of sp³-hybridized carbons (Fsp3) is 0. The summed E-state index contributed by atoms with van der Waals surface area (Å²) in [6.07, 6.45) is 1.60. The van der Waals surface area contributed by atoms with E-state index in [-0.39, 0.29) is 11.5 Å². The van der Waals surface area contributed by atoms with Crippen molar-refractivity contribution in [2.24, 2.45) is 0 Å². The smallest absolute Gasteiger partial charge is 0.258 e. The number of benzene rings is 2. The Labute approximate surface area is 114 Å². The van der Waals surface area contributed by atoms with Crippen LogP contribution in [0.5, 0.6) is 0 Å². The molecule has 0 aromatic heterocycles. The molecule has 0 saturated carbocycles. The number of hydrogen-bond acceptors (Lipinski definition) is 3. The molecular formula is C15H9FN2O2. The number of non-ortho nitro benzene ring substituents is 1. The molecule has 0 radical (unpaired) electrons. The van der Waals surface area contributed by atoms with Gasteiger partial charge in [0.2, 0.25) is 0 Å². The van der Waals surface area contributed by atoms with Crippen LogP contribution in [0.3, 0.4) is 0 Å². The molecule has 0 amide bonds. The van der Waals surface area contributed by atoms with Crippen molar-refractivity contribution in [2.75, 3.05) is 0 Å². The van der Waals surface area contributed by atoms with Crippen LogP contribution < -0.4 is 0 Å². The third-order valence-electron chi connectivity index (χ3n) is 2.69. The van der Waals surface area contributed by atoms with Gasteiger partial charge in [-0.3, -0.25) is 10.1 Å². The molecule has 4 nitrogen and oxygen atoms in total. The molecule has 0 aliphatic rings. The second-order valence-electron chi connectivity index (χ2n) is 4.03. The SMILES string of the molecule is N#C/C(=C/c1ccc(F)cc1)c1ccc([N+](=O)[O-])cc1. The molecule has 2 rings (SSSR count). The summed E-state index contributed by atoms with van der Waals surface area (Å²) in [5.41, 5.74) is 1.57. The van der Waals surface area contributed by atoms with Crippen molar-refractivity contribution in [1.29, 1.82) is 5.26 Å². The molecule has 0 bridgehead atoms. The Hall–Kier alpha value is -3.00. The van der Waals surface area contributed by atoms with Crippen molar-refractivity contribution in [3.63, 3.8) is 0 Å². The van der Waals surface area contributed by atoms with Crippen molar-refractivity contribution >= 4 is 17.3 Å². The van der Waals surface area contributed by atoms with E-state index in [1.54, 1.807) is 18.2 Å². The lowest BCUT2D eigenvalue weighted by molar-refractivity contribution is -0.384. The highest BCUT2D eigenvalue weighted by atomic mass is 19.1. The minimum atomic E-state index is -0.500. The normalized spacial score (nSPS) is 10.9. The second kappa shape index (κ2) is 5.76. The Morgan fingerprint density at radius 2 is 1.75 bits per heavy atom. The van der Waals surface area contributed by atoms with E-state index in [2.05, 4.69) is 0 Å². The van der Waals surface area contributed by atoms with Crippen LogP contribution in [0.1, 0.15) is 11.1 Å². The van der Waals surface area contributed by atoms with E-state index in [9.17, 15) is 14.5 Å². The third-order valence-corrected chi connectivity index (χ3v) is 2.69. The zero-order valence-electron chi connectivity index (χ0n) is 10.3. The van der Waals surface area contributed by atoms with Gasteiger partial charge in [-0.15, -0.1) is 0 Å². The summed E-state index contributed by atoms with van der Waals surface area (Å²) in [7, 11) is 0. The van der Waals surface area contributed by atoms with Crippen LogP contribution in [-0.2, 0) is 0 Å². The highest BCUT2D eigenvalue weighted by Crippen LogP contribution is 2.20. The maximum absolute atomic E-state index is 12.8. The van der Waals surface area contributed by atoms with Crippen molar-refractivity contribution in [3.05, 3.63) is 75.6 Å². The topological polar surface area (TPSA) is 66.9 Å². The number of hydrogen-bond donors (Lipinski definition) is 0. The number of nitriles is 1. The standard InChI is InChI=1S/C15H9FN2O2/c16-14-5-1-11(2-6-14)9-13(10-17)12-3-7-15(8-4-12)18(19)20/h1-9H/b13-9-. The fourth-order valence-corrected chi connectivity index (χ4v) is 1.67. The minimum Gasteiger partial charge on any atom is -0.258 e. The first-order valence-corrected chi connectivity index (χ1v) is 5.72. The number of rotatable bonds is 3. The number of allylic oxidation sites excluding steroid dienone is 1. The first-order valence-electron chi connectivity index (χ1n) is 5.72. The second-order valence-corrected chi connectivity index (χ2v) is 4.03. The molecule has 20 heavy (non-hydrogen) atoms. The molecule has 0 spiro atoms. The summed E-state index contributed by atoms with van der Waals surface area (Å²) in [4.78, 5) is 10.1. The summed E-state index contributed by atoms with van der Waals surface area (Å²) in [5.74, 6) is -0.351. The van der Waals surface area contributed by atoms with Gasteiger partial charge in [-0.05, 0) is 41.5 Å². The van der Waals surface area contributed by atoms with Crippen molar-refractivity contribution < 1.29 is 9.31 Å². The zero-order valence-corrected chi connectivity index (χ0v) is 10.3. The van der Waals surface area contributed by atoms with Crippen LogP contribution in [-0.4, -0.2) is 4.92 Å². The van der Waals surface area contributed by atoms with Gasteiger partial charge in [-0.2, -0.15) is 5.26 Å². The summed E-state index contributed by atoms with van der Waals surface area (Å²) in [5, 5.41) is 19.7. The number of nitro benzene ring substituents is 1. The lowest BCUT2D eigenvalue weighted by Gasteiger charge is -2.00. The predicted octanol–water partition coefficient (Wildman–Crippen LogP) is 3.80. The lowest BCUT2D eigenvalue weighted by Crippen LogP contribution is -1.88. The molecule has 0 aliphatic heterocycles. The fourth-order valence-electron chi connectivity index (χ4n) is 1.67. The van der Waals surface area contributed by atoms with E-state index in [0.29, 0.717) is 16.7 Å². The van der Waals surface area contributed by atoms with Crippen LogP contribution in [0, 0.1) is 27.3 Å². The van der Waals surface area contributed by atoms with Gasteiger partial charge in [0.05, 0.1) is 16.6 Å². The summed E-state index contributed by atoms with van der Waals surface area (Å²) in [6, 6.07) is 13.4. The minimum absolute atomic E-state index is 0.0344. The van der Waals surface area contributed by atoms with E-state index in [1.807, 2.05) is 6.07 Å². The molecule has 0 N–H and O–H groups in total. The highest BCUT2D eigenvalue weighted by Gasteiger charge is 2.06. The van der Waals surface area contributed by atoms with E-state index in [0.717, 1.165) is 0 Å². The Balaban J connectivity index is 2.35.